The van der Waals surface area contributed by atoms with E-state index in [1.165, 1.54) is 26.4 Å². The summed E-state index contributed by atoms with van der Waals surface area (Å²) >= 11 is 0. The number of hydrogen-bond acceptors (Lipinski definition) is 5. The molecule has 24 heavy (non-hydrogen) atoms. The minimum atomic E-state index is -3.52. The monoisotopic (exact) mass is 344 g/mol. The van der Waals surface area contributed by atoms with Crippen molar-refractivity contribution in [3.8, 4) is 11.5 Å². The number of rotatable bonds is 3. The average molecular weight is 344 g/mol. The molecule has 0 bridgehead atoms. The zero-order chi connectivity index (χ0) is 17.3. The van der Waals surface area contributed by atoms with Crippen LogP contribution in [0.2, 0.25) is 0 Å². The zero-order valence-corrected chi connectivity index (χ0v) is 14.1. The second kappa shape index (κ2) is 6.13. The van der Waals surface area contributed by atoms with Gasteiger partial charge in [-0.25, -0.2) is 8.42 Å². The van der Waals surface area contributed by atoms with Gasteiger partial charge in [0, 0.05) is 11.1 Å². The Hall–Kier alpha value is -2.60. The molecule has 1 aliphatic heterocycles. The lowest BCUT2D eigenvalue weighted by Crippen LogP contribution is -2.24. The number of carbonyl (C=O) groups is 1. The van der Waals surface area contributed by atoms with Crippen LogP contribution in [0.25, 0.3) is 6.08 Å². The summed E-state index contributed by atoms with van der Waals surface area (Å²) in [7, 11) is -0.471. The molecule has 0 aliphatic carbocycles. The van der Waals surface area contributed by atoms with E-state index in [-0.39, 0.29) is 27.6 Å². The van der Waals surface area contributed by atoms with Crippen LogP contribution in [0.15, 0.2) is 52.9 Å². The van der Waals surface area contributed by atoms with Gasteiger partial charge in [0.2, 0.25) is 0 Å². The topological polar surface area (TPSA) is 69.7 Å². The number of carbonyl (C=O) groups excluding carboxylic acids is 1. The molecule has 2 aromatic carbocycles. The molecule has 3 rings (SSSR count). The highest BCUT2D eigenvalue weighted by molar-refractivity contribution is 7.91. The van der Waals surface area contributed by atoms with Crippen molar-refractivity contribution < 1.29 is 22.7 Å². The zero-order valence-electron chi connectivity index (χ0n) is 13.3. The lowest BCUT2D eigenvalue weighted by Gasteiger charge is -2.18. The Morgan fingerprint density at radius 3 is 2.42 bits per heavy atom. The first-order valence-electron chi connectivity index (χ1n) is 7.25. The van der Waals surface area contributed by atoms with Gasteiger partial charge in [0.1, 0.15) is 0 Å². The van der Waals surface area contributed by atoms with Crippen molar-refractivity contribution in [2.24, 2.45) is 0 Å². The molecule has 0 amide bonds. The van der Waals surface area contributed by atoms with Crippen molar-refractivity contribution in [2.45, 2.75) is 4.90 Å². The summed E-state index contributed by atoms with van der Waals surface area (Å²) in [4.78, 5) is 12.7. The molecule has 1 aliphatic rings. The van der Waals surface area contributed by atoms with Crippen LogP contribution in [0, 0.1) is 0 Å². The second-order valence-electron chi connectivity index (χ2n) is 5.37. The molecule has 0 spiro atoms. The third-order valence-corrected chi connectivity index (χ3v) is 5.57. The van der Waals surface area contributed by atoms with Gasteiger partial charge < -0.3 is 9.47 Å². The average Bonchev–Trinajstić information content (AvgIpc) is 2.59. The summed E-state index contributed by atoms with van der Waals surface area (Å²) in [6.45, 7) is 0. The fourth-order valence-electron chi connectivity index (χ4n) is 2.70. The molecule has 0 saturated carbocycles. The van der Waals surface area contributed by atoms with E-state index in [2.05, 4.69) is 0 Å². The molecular formula is C18H16O5S. The van der Waals surface area contributed by atoms with Gasteiger partial charge in [-0.2, -0.15) is 0 Å². The predicted molar refractivity (Wildman–Crippen MR) is 90.3 cm³/mol. The summed E-state index contributed by atoms with van der Waals surface area (Å²) in [5.74, 6) is 0.498. The van der Waals surface area contributed by atoms with Gasteiger partial charge >= 0.3 is 0 Å². The number of ketones is 1. The van der Waals surface area contributed by atoms with Crippen LogP contribution in [0.5, 0.6) is 11.5 Å². The van der Waals surface area contributed by atoms with Crippen molar-refractivity contribution in [1.29, 1.82) is 0 Å². The van der Waals surface area contributed by atoms with E-state index < -0.39 is 9.84 Å². The molecule has 0 N–H and O–H groups in total. The van der Waals surface area contributed by atoms with Crippen LogP contribution in [-0.4, -0.2) is 34.2 Å². The highest BCUT2D eigenvalue weighted by Crippen LogP contribution is 2.31. The molecule has 0 radical (unpaired) electrons. The van der Waals surface area contributed by atoms with Gasteiger partial charge in [-0.1, -0.05) is 18.2 Å². The van der Waals surface area contributed by atoms with Gasteiger partial charge in [-0.05, 0) is 35.9 Å². The summed E-state index contributed by atoms with van der Waals surface area (Å²) in [6, 6.07) is 11.4. The van der Waals surface area contributed by atoms with E-state index in [9.17, 15) is 13.2 Å². The largest absolute Gasteiger partial charge is 0.493 e. The summed E-state index contributed by atoms with van der Waals surface area (Å²) < 4.78 is 35.2. The minimum Gasteiger partial charge on any atom is -0.493 e. The Bertz CT molecular complexity index is 942. The van der Waals surface area contributed by atoms with Crippen molar-refractivity contribution in [3.05, 3.63) is 59.2 Å². The molecule has 0 aromatic heterocycles. The van der Waals surface area contributed by atoms with Gasteiger partial charge in [0.15, 0.2) is 27.1 Å². The highest BCUT2D eigenvalue weighted by Gasteiger charge is 2.32. The van der Waals surface area contributed by atoms with Crippen molar-refractivity contribution >= 4 is 21.7 Å². The Kier molecular flexibility index (Phi) is 4.15. The molecule has 1 heterocycles. The Balaban J connectivity index is 2.08. The number of ether oxygens (including phenoxy) is 2. The molecule has 5 nitrogen and oxygen atoms in total. The first kappa shape index (κ1) is 16.3. The number of Topliss-reactive ketones (excluding diaryl/α,β-unsaturated/α-hetero) is 1. The van der Waals surface area contributed by atoms with E-state index in [0.29, 0.717) is 17.1 Å². The third-order valence-electron chi connectivity index (χ3n) is 3.85. The highest BCUT2D eigenvalue weighted by atomic mass is 32.2. The van der Waals surface area contributed by atoms with Crippen molar-refractivity contribution in [3.63, 3.8) is 0 Å². The quantitative estimate of drug-likeness (QED) is 0.801. The van der Waals surface area contributed by atoms with Gasteiger partial charge in [0.25, 0.3) is 0 Å². The summed E-state index contributed by atoms with van der Waals surface area (Å²) in [5.41, 5.74) is 1.13. The molecule has 0 saturated heterocycles. The van der Waals surface area contributed by atoms with E-state index in [0.717, 1.165) is 0 Å². The summed E-state index contributed by atoms with van der Waals surface area (Å²) in [5, 5.41) is 0. The second-order valence-corrected chi connectivity index (χ2v) is 7.33. The predicted octanol–water partition coefficient (Wildman–Crippen LogP) is 2.76. The molecule has 0 fully saturated rings. The van der Waals surface area contributed by atoms with E-state index >= 15 is 0 Å². The van der Waals surface area contributed by atoms with E-state index in [1.807, 2.05) is 0 Å². The number of benzene rings is 2. The van der Waals surface area contributed by atoms with Gasteiger partial charge in [0.05, 0.1) is 24.9 Å². The molecule has 124 valence electrons. The lowest BCUT2D eigenvalue weighted by atomic mass is 10.0. The molecular weight excluding hydrogens is 328 g/mol. The number of fused-ring (bicyclic) bond motifs is 1. The number of sulfone groups is 1. The number of methoxy groups -OCH3 is 2. The first-order valence-corrected chi connectivity index (χ1v) is 8.90. The van der Waals surface area contributed by atoms with Crippen LogP contribution in [0.1, 0.15) is 15.9 Å². The smallest absolute Gasteiger partial charge is 0.191 e. The molecule has 0 unspecified atom stereocenters. The van der Waals surface area contributed by atoms with E-state index in [1.54, 1.807) is 36.4 Å². The molecule has 0 atom stereocenters. The first-order chi connectivity index (χ1) is 11.5. The van der Waals surface area contributed by atoms with Crippen molar-refractivity contribution in [1.82, 2.24) is 0 Å². The van der Waals surface area contributed by atoms with Crippen molar-refractivity contribution in [2.75, 3.05) is 20.0 Å². The van der Waals surface area contributed by atoms with Crippen LogP contribution in [-0.2, 0) is 9.84 Å². The van der Waals surface area contributed by atoms with Crippen LogP contribution in [0.4, 0.5) is 0 Å². The Labute approximate surface area is 140 Å². The maximum Gasteiger partial charge on any atom is 0.191 e. The third kappa shape index (κ3) is 2.80. The fraction of sp³-hybridized carbons (Fsp3) is 0.167. The standard InChI is InChI=1S/C18H16O5S/c1-22-15-8-7-12(10-16(15)23-2)9-13-11-24(20,21)17-6-4-3-5-14(17)18(13)19/h3-10H,11H2,1-2H3/b13-9-. The number of hydrogen-bond donors (Lipinski definition) is 0. The fourth-order valence-corrected chi connectivity index (χ4v) is 4.26. The van der Waals surface area contributed by atoms with Gasteiger partial charge in [-0.3, -0.25) is 4.79 Å². The Morgan fingerprint density at radius 2 is 1.71 bits per heavy atom. The van der Waals surface area contributed by atoms with Crippen LogP contribution < -0.4 is 9.47 Å². The lowest BCUT2D eigenvalue weighted by molar-refractivity contribution is 0.103. The summed E-state index contributed by atoms with van der Waals surface area (Å²) in [6.07, 6.45) is 1.58. The maximum absolute atomic E-state index is 12.6. The minimum absolute atomic E-state index is 0.0967. The van der Waals surface area contributed by atoms with Gasteiger partial charge in [-0.15, -0.1) is 0 Å². The SMILES string of the molecule is COc1ccc(/C=C2/CS(=O)(=O)c3ccccc3C2=O)cc1OC. The van der Waals surface area contributed by atoms with Crippen LogP contribution >= 0.6 is 0 Å². The van der Waals surface area contributed by atoms with E-state index in [4.69, 9.17) is 9.47 Å². The maximum atomic E-state index is 12.6. The Morgan fingerprint density at radius 1 is 1.00 bits per heavy atom. The molecule has 6 heteroatoms. The molecule has 2 aromatic rings. The van der Waals surface area contributed by atoms with Crippen LogP contribution in [0.3, 0.4) is 0 Å². The normalized spacial score (nSPS) is 17.4.